The first kappa shape index (κ1) is 43.7. The summed E-state index contributed by atoms with van der Waals surface area (Å²) < 4.78 is 5.83. The highest BCUT2D eigenvalue weighted by Gasteiger charge is 2.38. The lowest BCUT2D eigenvalue weighted by Gasteiger charge is -2.36. The van der Waals surface area contributed by atoms with E-state index in [0.29, 0.717) is 30.3 Å². The van der Waals surface area contributed by atoms with E-state index in [0.717, 1.165) is 5.56 Å². The Bertz CT molecular complexity index is 1580. The standard InChI is InChI=1S/C40H56N4O10/c1-23(2)35-38(51)41-32(22-28-19-24(3)20-29(47)21-28)39(52)44-17-10-11-31(43-44)40(53)54-34(25(4)16-18-45)13-9-7-8-12-33(48)27(6)36(49)30(37(50)42-35)15-14-26(5)46/h7-9,12,16,18-21,23,27,30-36,43,47-49H,10-11,13-15,17,22H2,1-6H3,(H,41,51)(H,42,50)/b9-7+,12-8+,25-16+/t27-,30+,31?,32-,33-,34-,35-,36+/m0/s1. The molecule has 296 valence electrons. The summed E-state index contributed by atoms with van der Waals surface area (Å²) in [5.74, 6) is -5.36. The van der Waals surface area contributed by atoms with Crippen LogP contribution in [0.15, 0.2) is 54.2 Å². The predicted octanol–water partition coefficient (Wildman–Crippen LogP) is 2.28. The summed E-state index contributed by atoms with van der Waals surface area (Å²) in [6, 6.07) is 1.49. The summed E-state index contributed by atoms with van der Waals surface area (Å²) in [6.45, 7) is 9.97. The molecule has 0 aromatic heterocycles. The van der Waals surface area contributed by atoms with Crippen molar-refractivity contribution >= 4 is 35.8 Å². The number of hydrogen-bond acceptors (Lipinski definition) is 11. The number of aryl methyl sites for hydroxylation is 1. The molecule has 1 fully saturated rings. The van der Waals surface area contributed by atoms with Gasteiger partial charge in [-0.15, -0.1) is 0 Å². The Morgan fingerprint density at radius 1 is 1.06 bits per heavy atom. The lowest BCUT2D eigenvalue weighted by molar-refractivity contribution is -0.156. The Morgan fingerprint density at radius 2 is 1.78 bits per heavy atom. The highest BCUT2D eigenvalue weighted by atomic mass is 16.5. The minimum atomic E-state index is -1.41. The molecule has 3 rings (SSSR count). The fourth-order valence-electron chi connectivity index (χ4n) is 6.54. The first-order chi connectivity index (χ1) is 25.5. The Morgan fingerprint density at radius 3 is 2.43 bits per heavy atom. The lowest BCUT2D eigenvalue weighted by Crippen LogP contribution is -2.62. The first-order valence-corrected chi connectivity index (χ1v) is 18.5. The molecule has 1 unspecified atom stereocenters. The molecule has 6 N–H and O–H groups in total. The molecule has 2 heterocycles. The topological polar surface area (TPSA) is 212 Å². The number of aromatic hydroxyl groups is 1. The smallest absolute Gasteiger partial charge is 0.325 e. The summed E-state index contributed by atoms with van der Waals surface area (Å²) in [4.78, 5) is 78.9. The van der Waals surface area contributed by atoms with Crippen LogP contribution in [0.3, 0.4) is 0 Å². The van der Waals surface area contributed by atoms with Crippen LogP contribution in [-0.4, -0.2) is 99.1 Å². The molecule has 14 nitrogen and oxygen atoms in total. The van der Waals surface area contributed by atoms with E-state index in [9.17, 15) is 44.1 Å². The average molecular weight is 753 g/mol. The zero-order valence-corrected chi connectivity index (χ0v) is 32.0. The van der Waals surface area contributed by atoms with Crippen molar-refractivity contribution in [3.63, 3.8) is 0 Å². The number of aldehydes is 1. The van der Waals surface area contributed by atoms with Crippen LogP contribution in [-0.2, 0) is 39.9 Å². The zero-order chi connectivity index (χ0) is 40.1. The van der Waals surface area contributed by atoms with Gasteiger partial charge in [-0.05, 0) is 80.9 Å². The van der Waals surface area contributed by atoms with Crippen molar-refractivity contribution in [3.8, 4) is 5.75 Å². The number of aliphatic hydroxyl groups is 2. The molecule has 2 aliphatic rings. The average Bonchev–Trinajstić information content (AvgIpc) is 3.11. The third-order valence-corrected chi connectivity index (χ3v) is 9.80. The molecule has 1 aromatic rings. The number of ether oxygens (including phenoxy) is 1. The molecule has 1 aromatic carbocycles. The fraction of sp³-hybridized carbons (Fsp3) is 0.550. The quantitative estimate of drug-likeness (QED) is 0.129. The highest BCUT2D eigenvalue weighted by Crippen LogP contribution is 2.24. The molecule has 0 radical (unpaired) electrons. The number of hydrogen-bond donors (Lipinski definition) is 6. The minimum Gasteiger partial charge on any atom is -0.508 e. The van der Waals surface area contributed by atoms with E-state index in [4.69, 9.17) is 4.74 Å². The maximum absolute atomic E-state index is 14.2. The van der Waals surface area contributed by atoms with E-state index in [1.807, 2.05) is 0 Å². The van der Waals surface area contributed by atoms with Crippen LogP contribution in [0.4, 0.5) is 0 Å². The van der Waals surface area contributed by atoms with Crippen molar-refractivity contribution in [1.82, 2.24) is 21.1 Å². The van der Waals surface area contributed by atoms with Gasteiger partial charge in [-0.2, -0.15) is 0 Å². The van der Waals surface area contributed by atoms with Crippen LogP contribution < -0.4 is 16.1 Å². The molecule has 54 heavy (non-hydrogen) atoms. The maximum atomic E-state index is 14.2. The molecule has 1 saturated heterocycles. The SMILES string of the molecule is CC(=O)CC[C@H]1C(=O)N[C@@H](C(C)C)C(=O)N[C@@H](Cc2cc(C)cc(O)c2)C(=O)N2CCCC(N2)C(=O)O[C@H](/C(C)=C/C=O)C/C=C/C=C/[C@H](O)[C@H](C)[C@H]1O. The number of phenols is 1. The van der Waals surface area contributed by atoms with Gasteiger partial charge in [-0.1, -0.05) is 51.1 Å². The van der Waals surface area contributed by atoms with Crippen molar-refractivity contribution < 1.29 is 48.8 Å². The van der Waals surface area contributed by atoms with Gasteiger partial charge in [0.2, 0.25) is 11.8 Å². The van der Waals surface area contributed by atoms with Gasteiger partial charge in [0.1, 0.15) is 42.0 Å². The molecular formula is C40H56N4O10. The maximum Gasteiger partial charge on any atom is 0.325 e. The summed E-state index contributed by atoms with van der Waals surface area (Å²) in [7, 11) is 0. The summed E-state index contributed by atoms with van der Waals surface area (Å²) >= 11 is 0. The van der Waals surface area contributed by atoms with Gasteiger partial charge in [0.05, 0.1) is 18.1 Å². The van der Waals surface area contributed by atoms with E-state index in [1.54, 1.807) is 65.0 Å². The highest BCUT2D eigenvalue weighted by molar-refractivity contribution is 5.93. The van der Waals surface area contributed by atoms with Gasteiger partial charge in [-0.3, -0.25) is 29.0 Å². The van der Waals surface area contributed by atoms with E-state index in [1.165, 1.54) is 30.2 Å². The second-order valence-corrected chi connectivity index (χ2v) is 14.7. The Labute approximate surface area is 317 Å². The molecule has 2 bridgehead atoms. The number of allylic oxidation sites excluding steroid dienone is 3. The van der Waals surface area contributed by atoms with Crippen molar-refractivity contribution in [2.24, 2.45) is 17.8 Å². The number of fused-ring (bicyclic) bond motifs is 2. The number of ketones is 1. The van der Waals surface area contributed by atoms with E-state index in [-0.39, 0.29) is 43.8 Å². The third-order valence-electron chi connectivity index (χ3n) is 9.80. The third kappa shape index (κ3) is 12.7. The number of Topliss-reactive ketones (excluding diaryl/α,β-unsaturated/α-hetero) is 1. The molecular weight excluding hydrogens is 696 g/mol. The second kappa shape index (κ2) is 20.7. The number of cyclic esters (lactones) is 1. The number of rotatable bonds is 8. The molecule has 8 atom stereocenters. The van der Waals surface area contributed by atoms with Gasteiger partial charge in [0, 0.05) is 31.7 Å². The Hall–Kier alpha value is -4.66. The van der Waals surface area contributed by atoms with Crippen molar-refractivity contribution in [2.45, 2.75) is 117 Å². The Kier molecular flexibility index (Phi) is 16.8. The van der Waals surface area contributed by atoms with Crippen LogP contribution in [0, 0.1) is 24.7 Å². The van der Waals surface area contributed by atoms with Crippen molar-refractivity contribution in [3.05, 3.63) is 65.3 Å². The predicted molar refractivity (Wildman–Crippen MR) is 200 cm³/mol. The number of carbonyl (C=O) groups is 6. The van der Waals surface area contributed by atoms with E-state index in [2.05, 4.69) is 16.1 Å². The van der Waals surface area contributed by atoms with E-state index < -0.39 is 77.9 Å². The molecule has 0 spiro atoms. The number of aliphatic hydroxyl groups excluding tert-OH is 2. The van der Waals surface area contributed by atoms with Crippen molar-refractivity contribution in [1.29, 1.82) is 0 Å². The number of esters is 1. The first-order valence-electron chi connectivity index (χ1n) is 18.5. The Balaban J connectivity index is 2.08. The number of amides is 3. The number of phenolic OH excluding ortho intramolecular Hbond substituents is 1. The number of benzene rings is 1. The van der Waals surface area contributed by atoms with E-state index >= 15 is 0 Å². The monoisotopic (exact) mass is 752 g/mol. The summed E-state index contributed by atoms with van der Waals surface area (Å²) in [6.07, 6.45) is 5.56. The zero-order valence-electron chi connectivity index (χ0n) is 32.0. The largest absolute Gasteiger partial charge is 0.508 e. The van der Waals surface area contributed by atoms with Gasteiger partial charge in [0.15, 0.2) is 0 Å². The van der Waals surface area contributed by atoms with Crippen LogP contribution in [0.25, 0.3) is 0 Å². The number of carbonyl (C=O) groups excluding carboxylic acids is 6. The number of nitrogens with one attached hydrogen (secondary N) is 3. The van der Waals surface area contributed by atoms with Crippen molar-refractivity contribution in [2.75, 3.05) is 6.54 Å². The summed E-state index contributed by atoms with van der Waals surface area (Å²) in [5.41, 5.74) is 4.72. The van der Waals surface area contributed by atoms with Crippen LogP contribution in [0.1, 0.15) is 77.8 Å². The van der Waals surface area contributed by atoms with Gasteiger partial charge < -0.3 is 35.5 Å². The number of nitrogens with zero attached hydrogens (tertiary/aromatic N) is 1. The second-order valence-electron chi connectivity index (χ2n) is 14.7. The fourth-order valence-corrected chi connectivity index (χ4v) is 6.54. The van der Waals surface area contributed by atoms with Gasteiger partial charge in [0.25, 0.3) is 5.91 Å². The minimum absolute atomic E-state index is 0.0253. The molecule has 14 heteroatoms. The van der Waals surface area contributed by atoms with Crippen LogP contribution in [0.5, 0.6) is 5.75 Å². The normalized spacial score (nSPS) is 29.6. The number of hydrazine groups is 1. The summed E-state index contributed by atoms with van der Waals surface area (Å²) in [5, 5.41) is 39.4. The molecule has 0 aliphatic carbocycles. The van der Waals surface area contributed by atoms with Gasteiger partial charge >= 0.3 is 5.97 Å². The molecule has 0 saturated carbocycles. The molecule has 2 aliphatic heterocycles. The van der Waals surface area contributed by atoms with Crippen LogP contribution >= 0.6 is 0 Å². The molecule has 3 amide bonds. The lowest BCUT2D eigenvalue weighted by atomic mass is 9.84. The van der Waals surface area contributed by atoms with Crippen LogP contribution in [0.2, 0.25) is 0 Å². The van der Waals surface area contributed by atoms with Gasteiger partial charge in [-0.25, -0.2) is 5.43 Å².